The van der Waals surface area contributed by atoms with E-state index in [0.717, 1.165) is 5.56 Å². The summed E-state index contributed by atoms with van der Waals surface area (Å²) < 4.78 is 6.94. The first kappa shape index (κ1) is 24.6. The number of benzene rings is 1. The van der Waals surface area contributed by atoms with Gasteiger partial charge in [0.1, 0.15) is 11.6 Å². The first-order valence-electron chi connectivity index (χ1n) is 10.1. The van der Waals surface area contributed by atoms with Gasteiger partial charge in [0, 0.05) is 17.4 Å². The molecule has 0 bridgehead atoms. The van der Waals surface area contributed by atoms with Crippen LogP contribution in [0.2, 0.25) is 10.2 Å². The van der Waals surface area contributed by atoms with Crippen LogP contribution < -0.4 is 10.6 Å². The third kappa shape index (κ3) is 7.52. The minimum absolute atomic E-state index is 0.145. The van der Waals surface area contributed by atoms with Crippen LogP contribution in [0.3, 0.4) is 0 Å². The predicted octanol–water partition coefficient (Wildman–Crippen LogP) is 3.45. The summed E-state index contributed by atoms with van der Waals surface area (Å²) in [6, 6.07) is 7.83. The average molecular weight is 491 g/mol. The molecule has 0 saturated carbocycles. The topological polar surface area (TPSA) is 111 Å². The number of carbonyl (C=O) groups is 2. The van der Waals surface area contributed by atoms with Crippen LogP contribution in [0.5, 0.6) is 0 Å². The monoisotopic (exact) mass is 490 g/mol. The molecule has 1 atom stereocenters. The highest BCUT2D eigenvalue weighted by atomic mass is 35.5. The van der Waals surface area contributed by atoms with E-state index in [-0.39, 0.29) is 17.6 Å². The van der Waals surface area contributed by atoms with Crippen molar-refractivity contribution in [3.63, 3.8) is 0 Å². The first-order valence-corrected chi connectivity index (χ1v) is 10.9. The summed E-state index contributed by atoms with van der Waals surface area (Å²) >= 11 is 12.0. The van der Waals surface area contributed by atoms with Gasteiger partial charge >= 0.3 is 5.97 Å². The second-order valence-electron chi connectivity index (χ2n) is 8.23. The van der Waals surface area contributed by atoms with Gasteiger partial charge in [-0.15, -0.1) is 5.10 Å². The van der Waals surface area contributed by atoms with Crippen molar-refractivity contribution in [2.45, 2.75) is 38.8 Å². The van der Waals surface area contributed by atoms with Crippen LogP contribution in [-0.2, 0) is 20.7 Å². The van der Waals surface area contributed by atoms with Gasteiger partial charge in [-0.05, 0) is 57.0 Å². The zero-order chi connectivity index (χ0) is 24.0. The molecule has 0 aliphatic rings. The number of hydrogen-bond donors (Lipinski definition) is 2. The summed E-state index contributed by atoms with van der Waals surface area (Å²) in [7, 11) is 0. The van der Waals surface area contributed by atoms with Gasteiger partial charge in [0.2, 0.25) is 5.91 Å². The van der Waals surface area contributed by atoms with Crippen molar-refractivity contribution >= 4 is 40.8 Å². The van der Waals surface area contributed by atoms with Gasteiger partial charge in [-0.1, -0.05) is 34.5 Å². The lowest BCUT2D eigenvalue weighted by Crippen LogP contribution is -2.45. The molecule has 2 heterocycles. The number of esters is 1. The van der Waals surface area contributed by atoms with E-state index >= 15 is 0 Å². The fourth-order valence-corrected chi connectivity index (χ4v) is 3.24. The zero-order valence-electron chi connectivity index (χ0n) is 18.4. The second-order valence-corrected chi connectivity index (χ2v) is 9.05. The quantitative estimate of drug-likeness (QED) is 0.465. The number of carbonyl (C=O) groups excluding carboxylic acids is 2. The van der Waals surface area contributed by atoms with E-state index in [9.17, 15) is 9.59 Å². The van der Waals surface area contributed by atoms with Crippen molar-refractivity contribution in [1.82, 2.24) is 25.3 Å². The van der Waals surface area contributed by atoms with Crippen LogP contribution in [0.4, 0.5) is 5.69 Å². The van der Waals surface area contributed by atoms with Crippen molar-refractivity contribution in [1.29, 1.82) is 0 Å². The Hall–Kier alpha value is -3.01. The van der Waals surface area contributed by atoms with Crippen LogP contribution in [0.25, 0.3) is 5.69 Å². The van der Waals surface area contributed by atoms with Crippen LogP contribution >= 0.6 is 23.2 Å². The van der Waals surface area contributed by atoms with Crippen LogP contribution in [0, 0.1) is 0 Å². The first-order chi connectivity index (χ1) is 15.6. The summed E-state index contributed by atoms with van der Waals surface area (Å²) in [5.41, 5.74) is 1.12. The van der Waals surface area contributed by atoms with Gasteiger partial charge < -0.3 is 10.1 Å². The van der Waals surface area contributed by atoms with E-state index in [1.807, 2.05) is 6.07 Å². The van der Waals surface area contributed by atoms with Crippen molar-refractivity contribution < 1.29 is 14.3 Å². The fourth-order valence-electron chi connectivity index (χ4n) is 2.95. The number of nitrogens with one attached hydrogen (secondary N) is 2. The molecule has 1 amide bonds. The Kier molecular flexibility index (Phi) is 8.01. The van der Waals surface area contributed by atoms with Gasteiger partial charge in [-0.25, -0.2) is 4.68 Å². The number of halogens is 2. The van der Waals surface area contributed by atoms with Gasteiger partial charge in [-0.3, -0.25) is 19.9 Å². The number of amides is 1. The highest BCUT2D eigenvalue weighted by Gasteiger charge is 2.26. The van der Waals surface area contributed by atoms with E-state index in [4.69, 9.17) is 27.9 Å². The molecule has 174 valence electrons. The molecular formula is C22H24Cl2N6O3. The molecule has 0 spiro atoms. The zero-order valence-corrected chi connectivity index (χ0v) is 19.9. The standard InChI is InChI=1S/C22H24Cl2N6O3/c1-22(2,3)33-21(32)17(9-14-5-4-8-25-11-14)26-12-20(31)27-16-10-15(23)6-7-18(16)30-13-19(24)28-29-30/h4-8,10-11,13,17,26H,9,12H2,1-3H3,(H,27,31). The van der Waals surface area contributed by atoms with Crippen molar-refractivity contribution in [3.8, 4) is 5.69 Å². The highest BCUT2D eigenvalue weighted by molar-refractivity contribution is 6.31. The van der Waals surface area contributed by atoms with Gasteiger partial charge in [0.05, 0.1) is 24.1 Å². The lowest BCUT2D eigenvalue weighted by molar-refractivity contribution is -0.157. The van der Waals surface area contributed by atoms with E-state index in [0.29, 0.717) is 22.8 Å². The molecule has 2 aromatic heterocycles. The Morgan fingerprint density at radius 3 is 2.64 bits per heavy atom. The molecule has 2 N–H and O–H groups in total. The lowest BCUT2D eigenvalue weighted by Gasteiger charge is -2.24. The number of hydrogen-bond acceptors (Lipinski definition) is 7. The maximum Gasteiger partial charge on any atom is 0.324 e. The molecule has 0 saturated heterocycles. The summed E-state index contributed by atoms with van der Waals surface area (Å²) in [6.07, 6.45) is 5.14. The maximum absolute atomic E-state index is 12.7. The normalized spacial score (nSPS) is 12.3. The number of nitrogens with zero attached hydrogens (tertiary/aromatic N) is 4. The van der Waals surface area contributed by atoms with E-state index in [1.165, 1.54) is 10.9 Å². The summed E-state index contributed by atoms with van der Waals surface area (Å²) in [4.78, 5) is 29.5. The van der Waals surface area contributed by atoms with Crippen molar-refractivity contribution in [3.05, 3.63) is 64.7 Å². The van der Waals surface area contributed by atoms with E-state index in [2.05, 4.69) is 25.9 Å². The molecule has 11 heteroatoms. The molecule has 3 aromatic rings. The molecule has 1 unspecified atom stereocenters. The summed E-state index contributed by atoms with van der Waals surface area (Å²) in [5.74, 6) is -0.843. The van der Waals surface area contributed by atoms with Gasteiger partial charge in [0.15, 0.2) is 5.15 Å². The maximum atomic E-state index is 12.7. The largest absolute Gasteiger partial charge is 0.459 e. The number of aromatic nitrogens is 4. The molecule has 33 heavy (non-hydrogen) atoms. The Balaban J connectivity index is 1.71. The minimum atomic E-state index is -0.743. The fraction of sp³-hybridized carbons (Fsp3) is 0.318. The molecular weight excluding hydrogens is 467 g/mol. The van der Waals surface area contributed by atoms with Gasteiger partial charge in [-0.2, -0.15) is 0 Å². The van der Waals surface area contributed by atoms with Crippen LogP contribution in [0.15, 0.2) is 48.9 Å². The Labute approximate surface area is 201 Å². The number of ether oxygens (including phenoxy) is 1. The van der Waals surface area contributed by atoms with E-state index in [1.54, 1.807) is 57.4 Å². The minimum Gasteiger partial charge on any atom is -0.459 e. The highest BCUT2D eigenvalue weighted by Crippen LogP contribution is 2.24. The second kappa shape index (κ2) is 10.7. The third-order valence-corrected chi connectivity index (χ3v) is 4.72. The molecule has 0 fully saturated rings. The van der Waals surface area contributed by atoms with Crippen molar-refractivity contribution in [2.75, 3.05) is 11.9 Å². The molecule has 3 rings (SSSR count). The van der Waals surface area contributed by atoms with E-state index < -0.39 is 17.6 Å². The molecule has 1 aromatic carbocycles. The van der Waals surface area contributed by atoms with Crippen molar-refractivity contribution in [2.24, 2.45) is 0 Å². The number of anilines is 1. The number of rotatable bonds is 8. The Morgan fingerprint density at radius 1 is 1.21 bits per heavy atom. The molecule has 0 radical (unpaired) electrons. The Bertz CT molecular complexity index is 1110. The molecule has 9 nitrogen and oxygen atoms in total. The smallest absolute Gasteiger partial charge is 0.324 e. The van der Waals surface area contributed by atoms with Gasteiger partial charge in [0.25, 0.3) is 0 Å². The number of pyridine rings is 1. The Morgan fingerprint density at radius 2 is 2.00 bits per heavy atom. The molecule has 0 aliphatic heterocycles. The van der Waals surface area contributed by atoms with Crippen LogP contribution in [0.1, 0.15) is 26.3 Å². The van der Waals surface area contributed by atoms with Crippen LogP contribution in [-0.4, -0.2) is 50.0 Å². The average Bonchev–Trinajstić information content (AvgIpc) is 3.16. The molecule has 0 aliphatic carbocycles. The third-order valence-electron chi connectivity index (χ3n) is 4.31. The lowest BCUT2D eigenvalue weighted by atomic mass is 10.1. The SMILES string of the molecule is CC(C)(C)OC(=O)C(Cc1cccnc1)NCC(=O)Nc1cc(Cl)ccc1-n1cc(Cl)nn1. The summed E-state index contributed by atoms with van der Waals surface area (Å²) in [5, 5.41) is 14.1. The predicted molar refractivity (Wildman–Crippen MR) is 126 cm³/mol. The summed E-state index contributed by atoms with van der Waals surface area (Å²) in [6.45, 7) is 5.22.